The number of hydrogen-bond acceptors (Lipinski definition) is 6. The minimum atomic E-state index is -1.11. The third-order valence-corrected chi connectivity index (χ3v) is 6.02. The lowest BCUT2D eigenvalue weighted by Gasteiger charge is -2.30. The number of hydrogen-bond donors (Lipinski definition) is 3. The summed E-state index contributed by atoms with van der Waals surface area (Å²) in [7, 11) is 1.63. The van der Waals surface area contributed by atoms with Crippen molar-refractivity contribution in [3.05, 3.63) is 5.21 Å². The van der Waals surface area contributed by atoms with Gasteiger partial charge in [0.25, 0.3) is 0 Å². The Bertz CT molecular complexity index is 711. The van der Waals surface area contributed by atoms with E-state index in [1.54, 1.807) is 34.7 Å². The van der Waals surface area contributed by atoms with Crippen LogP contribution in [0.15, 0.2) is 5.28 Å². The molecule has 0 saturated heterocycles. The predicted octanol–water partition coefficient (Wildman–Crippen LogP) is 2.45. The van der Waals surface area contributed by atoms with E-state index in [0.29, 0.717) is 30.7 Å². The van der Waals surface area contributed by atoms with Crippen molar-refractivity contribution in [2.45, 2.75) is 97.9 Å². The van der Waals surface area contributed by atoms with Crippen molar-refractivity contribution in [3.63, 3.8) is 0 Å². The van der Waals surface area contributed by atoms with Gasteiger partial charge < -0.3 is 25.8 Å². The van der Waals surface area contributed by atoms with Crippen molar-refractivity contribution >= 4 is 17.8 Å². The van der Waals surface area contributed by atoms with Gasteiger partial charge in [0.05, 0.1) is 17.6 Å². The van der Waals surface area contributed by atoms with E-state index < -0.39 is 29.5 Å². The van der Waals surface area contributed by atoms with E-state index in [1.165, 1.54) is 5.01 Å². The Morgan fingerprint density at radius 2 is 1.55 bits per heavy atom. The molecule has 0 bridgehead atoms. The number of amides is 2. The van der Waals surface area contributed by atoms with Crippen LogP contribution >= 0.6 is 0 Å². The Kier molecular flexibility index (Phi) is 10.4. The summed E-state index contributed by atoms with van der Waals surface area (Å²) >= 11 is 0. The minimum Gasteiger partial charge on any atom is -0.569 e. The molecular formula is C22H41N5O6. The third kappa shape index (κ3) is 8.70. The molecule has 1 aliphatic carbocycles. The number of carbonyl (C=O) groups excluding carboxylic acids is 2. The van der Waals surface area contributed by atoms with Gasteiger partial charge in [0.1, 0.15) is 18.2 Å². The van der Waals surface area contributed by atoms with Crippen LogP contribution in [-0.2, 0) is 19.2 Å². The zero-order valence-corrected chi connectivity index (χ0v) is 21.1. The number of hydrazine groups is 1. The standard InChI is InChI=1S/C22H41N5O6/c1-13(2)17(20(29)24-18(14(3)4)21(30)31)23-19(28)15-9-11-16(12-10-15)33-25-27(32)26(8)22(5,6)7/h13-18H,9-12H2,1-8H3,(H,23,28)(H,24,29)(H,30,31)/b27-25-. The molecule has 190 valence electrons. The number of rotatable bonds is 10. The highest BCUT2D eigenvalue weighted by Crippen LogP contribution is 2.27. The maximum absolute atomic E-state index is 12.8. The number of carbonyl (C=O) groups is 3. The van der Waals surface area contributed by atoms with Gasteiger partial charge in [-0.3, -0.25) is 9.59 Å². The summed E-state index contributed by atoms with van der Waals surface area (Å²) in [6.45, 7) is 12.7. The summed E-state index contributed by atoms with van der Waals surface area (Å²) in [5.74, 6) is -2.65. The topological polar surface area (TPSA) is 146 Å². The molecule has 0 aromatic rings. The molecule has 1 rings (SSSR count). The molecule has 1 fully saturated rings. The quantitative estimate of drug-likeness (QED) is 0.252. The molecule has 0 aromatic carbocycles. The predicted molar refractivity (Wildman–Crippen MR) is 122 cm³/mol. The van der Waals surface area contributed by atoms with Crippen molar-refractivity contribution < 1.29 is 29.3 Å². The normalized spacial score (nSPS) is 21.3. The molecule has 2 amide bonds. The molecule has 3 N–H and O–H groups in total. The van der Waals surface area contributed by atoms with E-state index in [1.807, 2.05) is 20.8 Å². The Balaban J connectivity index is 2.64. The summed E-state index contributed by atoms with van der Waals surface area (Å²) < 4.78 is 0. The Morgan fingerprint density at radius 1 is 1.03 bits per heavy atom. The van der Waals surface area contributed by atoms with Crippen LogP contribution in [0.1, 0.15) is 74.1 Å². The largest absolute Gasteiger partial charge is 0.569 e. The second-order valence-electron chi connectivity index (χ2n) is 10.4. The van der Waals surface area contributed by atoms with E-state index in [9.17, 15) is 24.7 Å². The van der Waals surface area contributed by atoms with Gasteiger partial charge in [-0.05, 0) is 58.3 Å². The molecule has 11 heteroatoms. The van der Waals surface area contributed by atoms with Crippen LogP contribution in [0.25, 0.3) is 0 Å². The number of carboxylic acid groups (broad SMARTS) is 1. The van der Waals surface area contributed by atoms with Crippen molar-refractivity contribution in [3.8, 4) is 0 Å². The van der Waals surface area contributed by atoms with Gasteiger partial charge in [0.2, 0.25) is 17.1 Å². The first-order valence-electron chi connectivity index (χ1n) is 11.6. The van der Waals surface area contributed by atoms with Crippen molar-refractivity contribution in [1.29, 1.82) is 0 Å². The van der Waals surface area contributed by atoms with Crippen LogP contribution in [-0.4, -0.2) is 63.6 Å². The summed E-state index contributed by atoms with van der Waals surface area (Å²) in [5, 5.41) is 31.7. The van der Waals surface area contributed by atoms with Gasteiger partial charge in [-0.25, -0.2) is 4.79 Å². The zero-order valence-electron chi connectivity index (χ0n) is 21.1. The van der Waals surface area contributed by atoms with Crippen molar-refractivity contribution in [1.82, 2.24) is 15.6 Å². The number of aliphatic carboxylic acids is 1. The smallest absolute Gasteiger partial charge is 0.326 e. The van der Waals surface area contributed by atoms with Crippen LogP contribution < -0.4 is 10.6 Å². The first-order valence-corrected chi connectivity index (χ1v) is 11.6. The highest BCUT2D eigenvalue weighted by atomic mass is 16.7. The lowest BCUT2D eigenvalue weighted by molar-refractivity contribution is -0.720. The highest BCUT2D eigenvalue weighted by Gasteiger charge is 2.34. The Morgan fingerprint density at radius 3 is 1.97 bits per heavy atom. The fourth-order valence-electron chi connectivity index (χ4n) is 3.41. The van der Waals surface area contributed by atoms with Crippen LogP contribution in [0.2, 0.25) is 0 Å². The Labute approximate surface area is 196 Å². The van der Waals surface area contributed by atoms with Gasteiger partial charge >= 0.3 is 5.97 Å². The molecule has 0 heterocycles. The summed E-state index contributed by atoms with van der Waals surface area (Å²) in [4.78, 5) is 42.7. The SMILES string of the molecule is CC(C)C(NC(=O)C(NC(=O)C1CCC(O/N=[N+](\[O-])N(C)C(C)(C)C)CC1)C(C)C)C(=O)O. The average molecular weight is 472 g/mol. The van der Waals surface area contributed by atoms with E-state index >= 15 is 0 Å². The van der Waals surface area contributed by atoms with Gasteiger partial charge in [0.15, 0.2) is 0 Å². The zero-order chi connectivity index (χ0) is 25.5. The molecular weight excluding hydrogens is 430 g/mol. The molecule has 11 nitrogen and oxygen atoms in total. The maximum Gasteiger partial charge on any atom is 0.326 e. The summed E-state index contributed by atoms with van der Waals surface area (Å²) in [5.41, 5.74) is -0.400. The first-order chi connectivity index (χ1) is 15.1. The first kappa shape index (κ1) is 28.4. The lowest BCUT2D eigenvalue weighted by atomic mass is 9.86. The number of carboxylic acids is 1. The van der Waals surface area contributed by atoms with Gasteiger partial charge in [-0.1, -0.05) is 27.7 Å². The van der Waals surface area contributed by atoms with Crippen molar-refractivity contribution in [2.24, 2.45) is 23.0 Å². The Hall–Kier alpha value is -2.59. The second kappa shape index (κ2) is 12.0. The number of nitrogens with zero attached hydrogens (tertiary/aromatic N) is 3. The number of nitrogens with one attached hydrogen (secondary N) is 2. The lowest BCUT2D eigenvalue weighted by Crippen LogP contribution is -2.55. The van der Waals surface area contributed by atoms with Crippen LogP contribution in [0.3, 0.4) is 0 Å². The van der Waals surface area contributed by atoms with Gasteiger partial charge in [-0.15, -0.1) is 5.01 Å². The molecule has 2 unspecified atom stereocenters. The molecule has 0 radical (unpaired) electrons. The fourth-order valence-corrected chi connectivity index (χ4v) is 3.41. The highest BCUT2D eigenvalue weighted by molar-refractivity contribution is 5.91. The van der Waals surface area contributed by atoms with E-state index in [-0.39, 0.29) is 29.8 Å². The summed E-state index contributed by atoms with van der Waals surface area (Å²) in [6.07, 6.45) is 1.93. The van der Waals surface area contributed by atoms with E-state index in [0.717, 1.165) is 0 Å². The maximum atomic E-state index is 12.8. The van der Waals surface area contributed by atoms with E-state index in [2.05, 4.69) is 15.9 Å². The van der Waals surface area contributed by atoms with Crippen LogP contribution in [0.4, 0.5) is 0 Å². The fraction of sp³-hybridized carbons (Fsp3) is 0.864. The van der Waals surface area contributed by atoms with Crippen LogP contribution in [0, 0.1) is 23.0 Å². The van der Waals surface area contributed by atoms with Gasteiger partial charge in [-0.2, -0.15) is 0 Å². The molecule has 2 atom stereocenters. The van der Waals surface area contributed by atoms with E-state index in [4.69, 9.17) is 4.84 Å². The van der Waals surface area contributed by atoms with Gasteiger partial charge in [0, 0.05) is 5.92 Å². The molecule has 1 aliphatic rings. The monoisotopic (exact) mass is 471 g/mol. The molecule has 1 saturated carbocycles. The minimum absolute atomic E-state index is 0.211. The molecule has 0 spiro atoms. The van der Waals surface area contributed by atoms with Crippen LogP contribution in [0.5, 0.6) is 0 Å². The van der Waals surface area contributed by atoms with Crippen molar-refractivity contribution in [2.75, 3.05) is 7.05 Å². The third-order valence-electron chi connectivity index (χ3n) is 6.02. The molecule has 0 aromatic heterocycles. The second-order valence-corrected chi connectivity index (χ2v) is 10.4. The molecule has 0 aliphatic heterocycles. The average Bonchev–Trinajstić information content (AvgIpc) is 2.72. The molecule has 33 heavy (non-hydrogen) atoms. The summed E-state index contributed by atoms with van der Waals surface area (Å²) in [6, 6.07) is -1.85.